The van der Waals surface area contributed by atoms with Gasteiger partial charge in [-0.25, -0.2) is 9.59 Å². The molecule has 0 spiro atoms. The lowest BCUT2D eigenvalue weighted by atomic mass is 10.2. The maximum atomic E-state index is 11.0. The fourth-order valence-corrected chi connectivity index (χ4v) is 0.801. The Bertz CT molecular complexity index is 665. The summed E-state index contributed by atoms with van der Waals surface area (Å²) in [5.41, 5.74) is 1.09. The van der Waals surface area contributed by atoms with Crippen molar-refractivity contribution in [2.75, 3.05) is 7.11 Å². The largest absolute Gasteiger partial charge is 0.466 e. The standard InChI is InChI=1S/C9H8O2.C4H5N.C4H6O2.C3H3N/c1-2-11-9(10)8-6-4-3-5-7-8;1-4(2)3-5;1-3-4(5)6-2;1-2-3-4/h2-7H,1H2;1H2,2H3;3H,1H2,2H3;2H,1H2. The number of nitriles is 2. The van der Waals surface area contributed by atoms with Gasteiger partial charge in [-0.15, -0.1) is 0 Å². The van der Waals surface area contributed by atoms with Gasteiger partial charge in [0.15, 0.2) is 0 Å². The van der Waals surface area contributed by atoms with Gasteiger partial charge in [0.05, 0.1) is 31.1 Å². The number of methoxy groups -OCH3 is 1. The molecule has 0 fully saturated rings. The normalized spacial score (nSPS) is 6.92. The first-order valence-corrected chi connectivity index (χ1v) is 6.97. The third kappa shape index (κ3) is 22.4. The SMILES string of the molecule is C=C(C)C#N.C=CC#N.C=CC(=O)OC.C=COC(=O)c1ccccc1. The molecule has 0 amide bonds. The monoisotopic (exact) mass is 354 g/mol. The molecule has 1 aromatic carbocycles. The lowest BCUT2D eigenvalue weighted by Crippen LogP contribution is -1.98. The minimum absolute atomic E-state index is 0.374. The van der Waals surface area contributed by atoms with E-state index in [1.165, 1.54) is 13.2 Å². The summed E-state index contributed by atoms with van der Waals surface area (Å²) in [5.74, 6) is -0.768. The lowest BCUT2D eigenvalue weighted by Gasteiger charge is -1.96. The summed E-state index contributed by atoms with van der Waals surface area (Å²) < 4.78 is 8.70. The maximum absolute atomic E-state index is 11.0. The second-order valence-corrected chi connectivity index (χ2v) is 3.89. The van der Waals surface area contributed by atoms with E-state index in [0.717, 1.165) is 12.3 Å². The van der Waals surface area contributed by atoms with E-state index in [1.54, 1.807) is 37.3 Å². The predicted molar refractivity (Wildman–Crippen MR) is 101 cm³/mol. The molecule has 0 aromatic heterocycles. The number of hydrogen-bond acceptors (Lipinski definition) is 6. The molecule has 0 bridgehead atoms. The quantitative estimate of drug-likeness (QED) is 0.350. The Hall–Kier alpha value is -3.90. The van der Waals surface area contributed by atoms with Crippen LogP contribution in [0, 0.1) is 22.7 Å². The topological polar surface area (TPSA) is 100 Å². The molecular weight excluding hydrogens is 332 g/mol. The number of carbonyl (C=O) groups excluding carboxylic acids is 2. The highest BCUT2D eigenvalue weighted by molar-refractivity contribution is 5.89. The molecule has 6 heteroatoms. The zero-order valence-corrected chi connectivity index (χ0v) is 15.0. The van der Waals surface area contributed by atoms with Gasteiger partial charge in [0.25, 0.3) is 0 Å². The van der Waals surface area contributed by atoms with E-state index < -0.39 is 5.97 Å². The van der Waals surface area contributed by atoms with Crippen molar-refractivity contribution in [2.24, 2.45) is 0 Å². The summed E-state index contributed by atoms with van der Waals surface area (Å²) in [6.45, 7) is 14.5. The van der Waals surface area contributed by atoms with Crippen LogP contribution < -0.4 is 0 Å². The highest BCUT2D eigenvalue weighted by Crippen LogP contribution is 2.00. The molecule has 1 rings (SSSR count). The van der Waals surface area contributed by atoms with Crippen molar-refractivity contribution in [3.8, 4) is 12.1 Å². The second-order valence-electron chi connectivity index (χ2n) is 3.89. The lowest BCUT2D eigenvalue weighted by molar-refractivity contribution is -0.134. The van der Waals surface area contributed by atoms with Crippen molar-refractivity contribution in [3.63, 3.8) is 0 Å². The molecule has 6 nitrogen and oxygen atoms in total. The van der Waals surface area contributed by atoms with Crippen molar-refractivity contribution in [3.05, 3.63) is 86.2 Å². The molecular formula is C20H22N2O4. The van der Waals surface area contributed by atoms with E-state index in [9.17, 15) is 9.59 Å². The van der Waals surface area contributed by atoms with Gasteiger partial charge in [0, 0.05) is 17.7 Å². The highest BCUT2D eigenvalue weighted by Gasteiger charge is 2.01. The molecule has 0 aliphatic heterocycles. The Balaban J connectivity index is -0.000000301. The van der Waals surface area contributed by atoms with E-state index in [4.69, 9.17) is 10.5 Å². The van der Waals surface area contributed by atoms with E-state index in [0.29, 0.717) is 11.1 Å². The van der Waals surface area contributed by atoms with Crippen LogP contribution in [0.2, 0.25) is 0 Å². The van der Waals surface area contributed by atoms with Crippen molar-refractivity contribution < 1.29 is 19.1 Å². The molecule has 0 aliphatic carbocycles. The number of esters is 2. The molecule has 0 saturated heterocycles. The second kappa shape index (κ2) is 21.1. The third-order valence-corrected chi connectivity index (χ3v) is 1.85. The van der Waals surface area contributed by atoms with E-state index in [1.807, 2.05) is 12.1 Å². The van der Waals surface area contributed by atoms with Gasteiger partial charge in [-0.2, -0.15) is 10.5 Å². The van der Waals surface area contributed by atoms with Crippen LogP contribution in [-0.2, 0) is 14.3 Å². The maximum Gasteiger partial charge on any atom is 0.342 e. The Morgan fingerprint density at radius 3 is 1.81 bits per heavy atom. The minimum atomic E-state index is -0.394. The first kappa shape index (κ1) is 27.0. The first-order chi connectivity index (χ1) is 12.3. The number of allylic oxidation sites excluding steroid dienone is 2. The minimum Gasteiger partial charge on any atom is -0.466 e. The molecule has 0 saturated carbocycles. The molecule has 0 heterocycles. The van der Waals surface area contributed by atoms with Gasteiger partial charge >= 0.3 is 11.9 Å². The zero-order chi connectivity index (χ0) is 20.8. The molecule has 0 unspecified atom stereocenters. The Labute approximate surface area is 154 Å². The number of nitrogens with zero attached hydrogens (tertiary/aromatic N) is 2. The Kier molecular flexibility index (Phi) is 21.9. The summed E-state index contributed by atoms with van der Waals surface area (Å²) in [7, 11) is 1.31. The van der Waals surface area contributed by atoms with Crippen molar-refractivity contribution in [1.82, 2.24) is 0 Å². The van der Waals surface area contributed by atoms with Crippen LogP contribution in [0.1, 0.15) is 17.3 Å². The van der Waals surface area contributed by atoms with Gasteiger partial charge in [0.1, 0.15) is 0 Å². The number of carbonyl (C=O) groups is 2. The number of ether oxygens (including phenoxy) is 2. The molecule has 0 radical (unpaired) electrons. The van der Waals surface area contributed by atoms with Crippen molar-refractivity contribution in [1.29, 1.82) is 10.5 Å². The van der Waals surface area contributed by atoms with Crippen molar-refractivity contribution in [2.45, 2.75) is 6.92 Å². The van der Waals surface area contributed by atoms with Crippen LogP contribution in [-0.4, -0.2) is 19.0 Å². The summed E-state index contributed by atoms with van der Waals surface area (Å²) in [4.78, 5) is 20.8. The predicted octanol–water partition coefficient (Wildman–Crippen LogP) is 4.11. The first-order valence-electron chi connectivity index (χ1n) is 6.97. The molecule has 0 N–H and O–H groups in total. The summed E-state index contributed by atoms with van der Waals surface area (Å²) in [5, 5.41) is 15.3. The van der Waals surface area contributed by atoms with Gasteiger partial charge in [-0.1, -0.05) is 44.5 Å². The van der Waals surface area contributed by atoms with Crippen LogP contribution >= 0.6 is 0 Å². The van der Waals surface area contributed by atoms with Gasteiger partial charge in [0.2, 0.25) is 0 Å². The molecule has 136 valence electrons. The van der Waals surface area contributed by atoms with Crippen LogP contribution in [0.3, 0.4) is 0 Å². The van der Waals surface area contributed by atoms with Crippen LogP contribution in [0.5, 0.6) is 0 Å². The highest BCUT2D eigenvalue weighted by atomic mass is 16.5. The summed E-state index contributed by atoms with van der Waals surface area (Å²) in [6.07, 6.45) is 3.41. The number of hydrogen-bond donors (Lipinski definition) is 0. The summed E-state index contributed by atoms with van der Waals surface area (Å²) >= 11 is 0. The van der Waals surface area contributed by atoms with E-state index >= 15 is 0 Å². The smallest absolute Gasteiger partial charge is 0.342 e. The van der Waals surface area contributed by atoms with Gasteiger partial charge in [-0.3, -0.25) is 0 Å². The van der Waals surface area contributed by atoms with E-state index in [-0.39, 0.29) is 5.97 Å². The molecule has 26 heavy (non-hydrogen) atoms. The fraction of sp³-hybridized carbons (Fsp3) is 0.100. The van der Waals surface area contributed by atoms with Gasteiger partial charge in [-0.05, 0) is 19.1 Å². The average Bonchev–Trinajstić information content (AvgIpc) is 2.69. The Morgan fingerprint density at radius 1 is 1.12 bits per heavy atom. The zero-order valence-electron chi connectivity index (χ0n) is 15.0. The van der Waals surface area contributed by atoms with Gasteiger partial charge < -0.3 is 9.47 Å². The van der Waals surface area contributed by atoms with Crippen LogP contribution in [0.15, 0.2) is 80.6 Å². The summed E-state index contributed by atoms with van der Waals surface area (Å²) in [6, 6.07) is 12.3. The number of benzene rings is 1. The van der Waals surface area contributed by atoms with Crippen LogP contribution in [0.4, 0.5) is 0 Å². The van der Waals surface area contributed by atoms with Crippen LogP contribution in [0.25, 0.3) is 0 Å². The molecule has 0 atom stereocenters. The number of rotatable bonds is 3. The molecule has 1 aromatic rings. The third-order valence-electron chi connectivity index (χ3n) is 1.85. The van der Waals surface area contributed by atoms with E-state index in [2.05, 4.69) is 35.8 Å². The Morgan fingerprint density at radius 2 is 1.58 bits per heavy atom. The van der Waals surface area contributed by atoms with Crippen molar-refractivity contribution >= 4 is 11.9 Å². The molecule has 0 aliphatic rings. The average molecular weight is 354 g/mol. The fourth-order valence-electron chi connectivity index (χ4n) is 0.801.